The van der Waals surface area contributed by atoms with Gasteiger partial charge in [-0.25, -0.2) is 0 Å². The Kier molecular flexibility index (Phi) is 8.31. The van der Waals surface area contributed by atoms with Crippen molar-refractivity contribution in [3.05, 3.63) is 22.4 Å². The third-order valence-corrected chi connectivity index (χ3v) is 4.56. The largest absolute Gasteiger partial charge is 0.330 e. The van der Waals surface area contributed by atoms with Gasteiger partial charge in [-0.1, -0.05) is 19.4 Å². The average molecular weight is 268 g/mol. The summed E-state index contributed by atoms with van der Waals surface area (Å²) in [5.41, 5.74) is 5.63. The maximum atomic E-state index is 5.63. The van der Waals surface area contributed by atoms with Gasteiger partial charge in [0.2, 0.25) is 0 Å². The van der Waals surface area contributed by atoms with E-state index in [9.17, 15) is 0 Å². The molecule has 0 saturated heterocycles. The van der Waals surface area contributed by atoms with E-state index in [0.717, 1.165) is 12.5 Å². The predicted molar refractivity (Wildman–Crippen MR) is 82.2 cm³/mol. The number of hydrogen-bond donors (Lipinski definition) is 1. The Bertz CT molecular complexity index is 285. The van der Waals surface area contributed by atoms with Crippen molar-refractivity contribution in [1.82, 2.24) is 4.90 Å². The molecule has 0 bridgehead atoms. The van der Waals surface area contributed by atoms with Crippen molar-refractivity contribution in [1.29, 1.82) is 0 Å². The zero-order valence-corrected chi connectivity index (χ0v) is 12.7. The fourth-order valence-corrected chi connectivity index (χ4v) is 3.00. The second-order valence-corrected chi connectivity index (χ2v) is 6.16. The Labute approximate surface area is 116 Å². The molecule has 0 aliphatic heterocycles. The van der Waals surface area contributed by atoms with Gasteiger partial charge in [0.15, 0.2) is 0 Å². The van der Waals surface area contributed by atoms with Crippen LogP contribution in [0.25, 0.3) is 0 Å². The highest BCUT2D eigenvalue weighted by Crippen LogP contribution is 2.15. The molecule has 0 fully saturated rings. The van der Waals surface area contributed by atoms with Crippen LogP contribution in [0.5, 0.6) is 0 Å². The molecule has 1 rings (SSSR count). The monoisotopic (exact) mass is 268 g/mol. The summed E-state index contributed by atoms with van der Waals surface area (Å²) < 4.78 is 0. The summed E-state index contributed by atoms with van der Waals surface area (Å²) in [6.07, 6.45) is 6.29. The Morgan fingerprint density at radius 3 is 2.78 bits per heavy atom. The fourth-order valence-electron chi connectivity index (χ4n) is 2.31. The van der Waals surface area contributed by atoms with Crippen molar-refractivity contribution in [2.75, 3.05) is 26.7 Å². The second kappa shape index (κ2) is 9.54. The lowest BCUT2D eigenvalue weighted by Gasteiger charge is -2.18. The molecule has 0 radical (unpaired) electrons. The minimum atomic E-state index is 0.834. The van der Waals surface area contributed by atoms with Gasteiger partial charge < -0.3 is 10.6 Å². The van der Waals surface area contributed by atoms with E-state index >= 15 is 0 Å². The van der Waals surface area contributed by atoms with Crippen LogP contribution < -0.4 is 5.73 Å². The van der Waals surface area contributed by atoms with Crippen molar-refractivity contribution in [3.8, 4) is 0 Å². The summed E-state index contributed by atoms with van der Waals surface area (Å²) >= 11 is 1.86. The van der Waals surface area contributed by atoms with Crippen LogP contribution in [0.3, 0.4) is 0 Å². The Morgan fingerprint density at radius 1 is 1.33 bits per heavy atom. The van der Waals surface area contributed by atoms with Gasteiger partial charge in [0, 0.05) is 11.4 Å². The summed E-state index contributed by atoms with van der Waals surface area (Å²) in [5, 5.41) is 2.16. The van der Waals surface area contributed by atoms with Crippen LogP contribution in [0.2, 0.25) is 0 Å². The van der Waals surface area contributed by atoms with E-state index in [1.807, 2.05) is 11.3 Å². The number of thiophene rings is 1. The van der Waals surface area contributed by atoms with Gasteiger partial charge in [0.25, 0.3) is 0 Å². The SMILES string of the molecule is CCC(CCN)CCCN(C)CCc1cccs1. The molecule has 0 aliphatic rings. The van der Waals surface area contributed by atoms with Gasteiger partial charge in [-0.05, 0) is 63.2 Å². The normalized spacial score (nSPS) is 13.1. The van der Waals surface area contributed by atoms with Crippen molar-refractivity contribution in [2.45, 2.75) is 39.0 Å². The minimum Gasteiger partial charge on any atom is -0.330 e. The van der Waals surface area contributed by atoms with Gasteiger partial charge in [-0.3, -0.25) is 0 Å². The first-order chi connectivity index (χ1) is 8.76. The molecular formula is C15H28N2S. The molecule has 3 heteroatoms. The zero-order valence-electron chi connectivity index (χ0n) is 11.9. The van der Waals surface area contributed by atoms with Crippen molar-refractivity contribution >= 4 is 11.3 Å². The molecule has 1 aromatic rings. The average Bonchev–Trinajstić information content (AvgIpc) is 2.88. The molecule has 0 saturated carbocycles. The summed E-state index contributed by atoms with van der Waals surface area (Å²) in [6, 6.07) is 4.37. The van der Waals surface area contributed by atoms with Gasteiger partial charge in [-0.2, -0.15) is 0 Å². The lowest BCUT2D eigenvalue weighted by atomic mass is 9.96. The Morgan fingerprint density at radius 2 is 2.17 bits per heavy atom. The third-order valence-electron chi connectivity index (χ3n) is 3.62. The maximum Gasteiger partial charge on any atom is 0.00579 e. The van der Waals surface area contributed by atoms with Crippen molar-refractivity contribution < 1.29 is 0 Å². The predicted octanol–water partition coefficient (Wildman–Crippen LogP) is 3.38. The van der Waals surface area contributed by atoms with E-state index in [1.165, 1.54) is 50.1 Å². The molecule has 0 aliphatic carbocycles. The van der Waals surface area contributed by atoms with E-state index in [1.54, 1.807) is 0 Å². The maximum absolute atomic E-state index is 5.63. The third kappa shape index (κ3) is 6.53. The number of rotatable bonds is 10. The Balaban J connectivity index is 2.07. The summed E-state index contributed by atoms with van der Waals surface area (Å²) in [5.74, 6) is 0.834. The fraction of sp³-hybridized carbons (Fsp3) is 0.733. The first kappa shape index (κ1) is 15.7. The quantitative estimate of drug-likeness (QED) is 0.705. The molecule has 18 heavy (non-hydrogen) atoms. The van der Waals surface area contributed by atoms with Crippen LogP contribution in [-0.2, 0) is 6.42 Å². The van der Waals surface area contributed by atoms with Crippen molar-refractivity contribution in [2.24, 2.45) is 11.7 Å². The molecule has 2 nitrogen and oxygen atoms in total. The first-order valence-electron chi connectivity index (χ1n) is 7.17. The molecule has 0 amide bonds. The van der Waals surface area contributed by atoms with Gasteiger partial charge in [0.1, 0.15) is 0 Å². The number of nitrogens with two attached hydrogens (primary N) is 1. The van der Waals surface area contributed by atoms with Gasteiger partial charge in [-0.15, -0.1) is 11.3 Å². The van der Waals surface area contributed by atoms with Gasteiger partial charge in [0.05, 0.1) is 0 Å². The molecule has 0 spiro atoms. The van der Waals surface area contributed by atoms with Crippen LogP contribution in [-0.4, -0.2) is 31.6 Å². The summed E-state index contributed by atoms with van der Waals surface area (Å²) in [7, 11) is 2.23. The van der Waals surface area contributed by atoms with E-state index in [-0.39, 0.29) is 0 Å². The van der Waals surface area contributed by atoms with E-state index < -0.39 is 0 Å². The summed E-state index contributed by atoms with van der Waals surface area (Å²) in [4.78, 5) is 3.95. The molecular weight excluding hydrogens is 240 g/mol. The van der Waals surface area contributed by atoms with Crippen LogP contribution in [0, 0.1) is 5.92 Å². The smallest absolute Gasteiger partial charge is 0.00579 e. The highest BCUT2D eigenvalue weighted by atomic mass is 32.1. The molecule has 1 aromatic heterocycles. The minimum absolute atomic E-state index is 0.834. The van der Waals surface area contributed by atoms with E-state index in [2.05, 4.69) is 36.4 Å². The molecule has 1 atom stereocenters. The molecule has 0 aromatic carbocycles. The molecule has 104 valence electrons. The van der Waals surface area contributed by atoms with Crippen LogP contribution in [0.1, 0.15) is 37.5 Å². The van der Waals surface area contributed by atoms with Crippen molar-refractivity contribution in [3.63, 3.8) is 0 Å². The molecule has 1 heterocycles. The van der Waals surface area contributed by atoms with E-state index in [0.29, 0.717) is 0 Å². The number of nitrogens with zero attached hydrogens (tertiary/aromatic N) is 1. The standard InChI is InChI=1S/C15H28N2S/c1-3-14(8-10-16)6-4-11-17(2)12-9-15-7-5-13-18-15/h5,7,13-14H,3-4,6,8-12,16H2,1-2H3. The van der Waals surface area contributed by atoms with Crippen LogP contribution in [0.15, 0.2) is 17.5 Å². The lowest BCUT2D eigenvalue weighted by molar-refractivity contribution is 0.310. The second-order valence-electron chi connectivity index (χ2n) is 5.13. The highest BCUT2D eigenvalue weighted by Gasteiger charge is 2.06. The van der Waals surface area contributed by atoms with Crippen LogP contribution >= 0.6 is 11.3 Å². The Hall–Kier alpha value is -0.380. The zero-order chi connectivity index (χ0) is 13.2. The molecule has 1 unspecified atom stereocenters. The number of likely N-dealkylation sites (N-methyl/N-ethyl adjacent to an activating group) is 1. The number of hydrogen-bond acceptors (Lipinski definition) is 3. The van der Waals surface area contributed by atoms with E-state index in [4.69, 9.17) is 5.73 Å². The van der Waals surface area contributed by atoms with Crippen LogP contribution in [0.4, 0.5) is 0 Å². The summed E-state index contributed by atoms with van der Waals surface area (Å²) in [6.45, 7) is 5.51. The first-order valence-corrected chi connectivity index (χ1v) is 8.05. The van der Waals surface area contributed by atoms with Gasteiger partial charge >= 0.3 is 0 Å². The lowest BCUT2D eigenvalue weighted by Crippen LogP contribution is -2.23. The topological polar surface area (TPSA) is 29.3 Å². The molecule has 2 N–H and O–H groups in total. The highest BCUT2D eigenvalue weighted by molar-refractivity contribution is 7.09.